The first-order valence-electron chi connectivity index (χ1n) is 9.42. The van der Waals surface area contributed by atoms with Gasteiger partial charge in [0.2, 0.25) is 5.91 Å². The number of phenolic OH excluding ortho intramolecular Hbond substituents is 1. The van der Waals surface area contributed by atoms with Gasteiger partial charge in [-0.05, 0) is 48.2 Å². The second kappa shape index (κ2) is 9.60. The predicted molar refractivity (Wildman–Crippen MR) is 111 cm³/mol. The van der Waals surface area contributed by atoms with Crippen molar-refractivity contribution in [3.8, 4) is 11.5 Å². The van der Waals surface area contributed by atoms with E-state index in [1.807, 2.05) is 73.7 Å². The molecule has 0 radical (unpaired) electrons. The molecule has 4 heteroatoms. The second-order valence-electron chi connectivity index (χ2n) is 6.74. The summed E-state index contributed by atoms with van der Waals surface area (Å²) in [6.45, 7) is 2.85. The zero-order valence-corrected chi connectivity index (χ0v) is 16.0. The van der Waals surface area contributed by atoms with E-state index in [9.17, 15) is 9.90 Å². The molecule has 3 rings (SSSR count). The Hall–Kier alpha value is -3.27. The number of ether oxygens (including phenoxy) is 1. The maximum absolute atomic E-state index is 12.9. The van der Waals surface area contributed by atoms with E-state index in [-0.39, 0.29) is 17.6 Å². The third-order valence-corrected chi connectivity index (χ3v) is 4.65. The Bertz CT molecular complexity index is 891. The van der Waals surface area contributed by atoms with Gasteiger partial charge in [0.25, 0.3) is 0 Å². The van der Waals surface area contributed by atoms with E-state index in [2.05, 4.69) is 5.32 Å². The third-order valence-electron chi connectivity index (χ3n) is 4.65. The Kier molecular flexibility index (Phi) is 6.68. The SMILES string of the molecule is Cc1ccccc1OCCNC(=O)[C@@H](Cc1ccc(O)cc1)c1ccccc1. The average molecular weight is 375 g/mol. The molecule has 2 N–H and O–H groups in total. The molecule has 0 saturated heterocycles. The summed E-state index contributed by atoms with van der Waals surface area (Å²) in [7, 11) is 0. The fourth-order valence-electron chi connectivity index (χ4n) is 3.09. The zero-order valence-electron chi connectivity index (χ0n) is 16.0. The summed E-state index contributed by atoms with van der Waals surface area (Å²) in [5, 5.41) is 12.5. The van der Waals surface area contributed by atoms with Crippen LogP contribution in [0.2, 0.25) is 0 Å². The van der Waals surface area contributed by atoms with E-state index in [0.29, 0.717) is 19.6 Å². The largest absolute Gasteiger partial charge is 0.508 e. The summed E-state index contributed by atoms with van der Waals surface area (Å²) < 4.78 is 5.76. The Balaban J connectivity index is 1.61. The van der Waals surface area contributed by atoms with E-state index in [1.165, 1.54) is 0 Å². The molecule has 0 aliphatic carbocycles. The van der Waals surface area contributed by atoms with E-state index >= 15 is 0 Å². The Morgan fingerprint density at radius 3 is 2.36 bits per heavy atom. The second-order valence-corrected chi connectivity index (χ2v) is 6.74. The van der Waals surface area contributed by atoms with Crippen molar-refractivity contribution in [3.63, 3.8) is 0 Å². The molecule has 0 saturated carbocycles. The first kappa shape index (κ1) is 19.5. The van der Waals surface area contributed by atoms with E-state index in [1.54, 1.807) is 12.1 Å². The molecule has 3 aromatic carbocycles. The Morgan fingerprint density at radius 1 is 0.964 bits per heavy atom. The van der Waals surface area contributed by atoms with Crippen LogP contribution in [-0.2, 0) is 11.2 Å². The van der Waals surface area contributed by atoms with Gasteiger partial charge < -0.3 is 15.2 Å². The topological polar surface area (TPSA) is 58.6 Å². The standard InChI is InChI=1S/C24H25NO3/c1-18-7-5-6-10-23(18)28-16-15-25-24(27)22(20-8-3-2-4-9-20)17-19-11-13-21(26)14-12-19/h2-14,22,26H,15-17H2,1H3,(H,25,27)/t22-/m0/s1. The van der Waals surface area contributed by atoms with Gasteiger partial charge in [0.15, 0.2) is 0 Å². The van der Waals surface area contributed by atoms with Crippen molar-refractivity contribution < 1.29 is 14.6 Å². The minimum absolute atomic E-state index is 0.0346. The van der Waals surface area contributed by atoms with Gasteiger partial charge in [-0.15, -0.1) is 0 Å². The highest BCUT2D eigenvalue weighted by molar-refractivity contribution is 5.84. The summed E-state index contributed by atoms with van der Waals surface area (Å²) in [5.41, 5.74) is 3.04. The molecule has 0 heterocycles. The van der Waals surface area contributed by atoms with Crippen molar-refractivity contribution in [1.82, 2.24) is 5.32 Å². The van der Waals surface area contributed by atoms with E-state index in [0.717, 1.165) is 22.4 Å². The molecule has 3 aromatic rings. The van der Waals surface area contributed by atoms with Gasteiger partial charge in [-0.2, -0.15) is 0 Å². The number of hydrogen-bond donors (Lipinski definition) is 2. The van der Waals surface area contributed by atoms with Crippen LogP contribution in [0.15, 0.2) is 78.9 Å². The smallest absolute Gasteiger partial charge is 0.227 e. The van der Waals surface area contributed by atoms with Crippen molar-refractivity contribution in [2.45, 2.75) is 19.3 Å². The number of aromatic hydroxyl groups is 1. The minimum Gasteiger partial charge on any atom is -0.508 e. The van der Waals surface area contributed by atoms with Crippen LogP contribution < -0.4 is 10.1 Å². The van der Waals surface area contributed by atoms with E-state index < -0.39 is 0 Å². The fourth-order valence-corrected chi connectivity index (χ4v) is 3.09. The molecule has 28 heavy (non-hydrogen) atoms. The van der Waals surface area contributed by atoms with Gasteiger partial charge in [0.1, 0.15) is 18.1 Å². The van der Waals surface area contributed by atoms with Crippen LogP contribution in [0.4, 0.5) is 0 Å². The number of para-hydroxylation sites is 1. The lowest BCUT2D eigenvalue weighted by molar-refractivity contribution is -0.122. The van der Waals surface area contributed by atoms with Crippen LogP contribution in [0.25, 0.3) is 0 Å². The molecule has 0 spiro atoms. The van der Waals surface area contributed by atoms with Crippen molar-refractivity contribution >= 4 is 5.91 Å². The molecule has 0 aliphatic rings. The molecule has 0 aromatic heterocycles. The van der Waals surface area contributed by atoms with Gasteiger partial charge in [0, 0.05) is 0 Å². The van der Waals surface area contributed by atoms with Crippen LogP contribution in [0.1, 0.15) is 22.6 Å². The van der Waals surface area contributed by atoms with Crippen LogP contribution in [-0.4, -0.2) is 24.2 Å². The highest BCUT2D eigenvalue weighted by atomic mass is 16.5. The lowest BCUT2D eigenvalue weighted by Crippen LogP contribution is -2.33. The summed E-state index contributed by atoms with van der Waals surface area (Å²) in [5.74, 6) is 0.718. The first-order chi connectivity index (χ1) is 13.6. The third kappa shape index (κ3) is 5.36. The molecular formula is C24H25NO3. The van der Waals surface area contributed by atoms with Gasteiger partial charge in [-0.25, -0.2) is 0 Å². The summed E-state index contributed by atoms with van der Waals surface area (Å²) in [6, 6.07) is 24.6. The average Bonchev–Trinajstić information content (AvgIpc) is 2.72. The first-order valence-corrected chi connectivity index (χ1v) is 9.42. The van der Waals surface area contributed by atoms with Crippen molar-refractivity contribution in [3.05, 3.63) is 95.6 Å². The van der Waals surface area contributed by atoms with Gasteiger partial charge in [-0.1, -0.05) is 60.7 Å². The summed E-state index contributed by atoms with van der Waals surface area (Å²) in [6.07, 6.45) is 0.564. The monoisotopic (exact) mass is 375 g/mol. The summed E-state index contributed by atoms with van der Waals surface area (Å²) >= 11 is 0. The maximum Gasteiger partial charge on any atom is 0.227 e. The number of amides is 1. The Morgan fingerprint density at radius 2 is 1.64 bits per heavy atom. The van der Waals surface area contributed by atoms with Crippen LogP contribution in [0.3, 0.4) is 0 Å². The quantitative estimate of drug-likeness (QED) is 0.580. The van der Waals surface area contributed by atoms with Gasteiger partial charge >= 0.3 is 0 Å². The fraction of sp³-hybridized carbons (Fsp3) is 0.208. The molecule has 4 nitrogen and oxygen atoms in total. The summed E-state index contributed by atoms with van der Waals surface area (Å²) in [4.78, 5) is 12.9. The molecule has 144 valence electrons. The zero-order chi connectivity index (χ0) is 19.8. The van der Waals surface area contributed by atoms with Crippen LogP contribution in [0, 0.1) is 6.92 Å². The van der Waals surface area contributed by atoms with Crippen LogP contribution >= 0.6 is 0 Å². The molecule has 1 atom stereocenters. The number of rotatable bonds is 8. The molecule has 1 amide bonds. The number of aryl methyl sites for hydroxylation is 1. The Labute approximate surface area is 165 Å². The molecule has 0 aliphatic heterocycles. The highest BCUT2D eigenvalue weighted by Gasteiger charge is 2.20. The number of benzene rings is 3. The van der Waals surface area contributed by atoms with Crippen molar-refractivity contribution in [1.29, 1.82) is 0 Å². The van der Waals surface area contributed by atoms with E-state index in [4.69, 9.17) is 4.74 Å². The number of carbonyl (C=O) groups is 1. The van der Waals surface area contributed by atoms with Gasteiger partial charge in [-0.3, -0.25) is 4.79 Å². The highest BCUT2D eigenvalue weighted by Crippen LogP contribution is 2.22. The van der Waals surface area contributed by atoms with Crippen molar-refractivity contribution in [2.75, 3.05) is 13.2 Å². The molecule has 0 unspecified atom stereocenters. The number of hydrogen-bond acceptors (Lipinski definition) is 3. The predicted octanol–water partition coefficient (Wildman–Crippen LogP) is 4.22. The number of carbonyl (C=O) groups excluding carboxylic acids is 1. The molecule has 0 bridgehead atoms. The lowest BCUT2D eigenvalue weighted by Gasteiger charge is -2.18. The normalized spacial score (nSPS) is 11.6. The minimum atomic E-state index is -0.302. The van der Waals surface area contributed by atoms with Crippen LogP contribution in [0.5, 0.6) is 11.5 Å². The molecular weight excluding hydrogens is 350 g/mol. The van der Waals surface area contributed by atoms with Crippen molar-refractivity contribution in [2.24, 2.45) is 0 Å². The van der Waals surface area contributed by atoms with Gasteiger partial charge in [0.05, 0.1) is 12.5 Å². The lowest BCUT2D eigenvalue weighted by atomic mass is 9.91. The number of phenols is 1. The maximum atomic E-state index is 12.9. The molecule has 0 fully saturated rings. The number of nitrogens with one attached hydrogen (secondary N) is 1.